The van der Waals surface area contributed by atoms with Gasteiger partial charge in [0.1, 0.15) is 5.82 Å². The Morgan fingerprint density at radius 2 is 2.08 bits per heavy atom. The predicted molar refractivity (Wildman–Crippen MR) is 89.9 cm³/mol. The first-order chi connectivity index (χ1) is 12.0. The maximum absolute atomic E-state index is 12.9. The number of nitrogens with one attached hydrogen (secondary N) is 1. The molecule has 1 aliphatic rings. The van der Waals surface area contributed by atoms with Gasteiger partial charge in [-0.1, -0.05) is 12.1 Å². The average molecular weight is 344 g/mol. The van der Waals surface area contributed by atoms with Gasteiger partial charge in [-0.25, -0.2) is 4.39 Å². The van der Waals surface area contributed by atoms with Crippen molar-refractivity contribution >= 4 is 11.8 Å². The molecule has 0 bridgehead atoms. The normalized spacial score (nSPS) is 17.1. The van der Waals surface area contributed by atoms with E-state index >= 15 is 0 Å². The molecule has 6 nitrogen and oxygen atoms in total. The molecule has 25 heavy (non-hydrogen) atoms. The number of carbonyl (C=O) groups excluding carboxylic acids is 2. The molecule has 0 saturated carbocycles. The molecule has 2 heterocycles. The van der Waals surface area contributed by atoms with Crippen LogP contribution in [0.25, 0.3) is 0 Å². The zero-order chi connectivity index (χ0) is 17.8. The summed E-state index contributed by atoms with van der Waals surface area (Å²) in [7, 11) is 0. The highest BCUT2D eigenvalue weighted by Crippen LogP contribution is 2.15. The van der Waals surface area contributed by atoms with Gasteiger partial charge in [-0.3, -0.25) is 14.3 Å². The van der Waals surface area contributed by atoms with Crippen molar-refractivity contribution in [3.8, 4) is 0 Å². The van der Waals surface area contributed by atoms with E-state index in [0.717, 1.165) is 11.3 Å². The summed E-state index contributed by atoms with van der Waals surface area (Å²) in [5, 5.41) is 7.06. The topological polar surface area (TPSA) is 67.2 Å². The molecule has 1 aliphatic heterocycles. The van der Waals surface area contributed by atoms with Gasteiger partial charge in [0, 0.05) is 44.4 Å². The maximum atomic E-state index is 12.9. The van der Waals surface area contributed by atoms with Crippen molar-refractivity contribution in [1.29, 1.82) is 0 Å². The molecule has 2 aromatic rings. The van der Waals surface area contributed by atoms with E-state index in [-0.39, 0.29) is 23.7 Å². The average Bonchev–Trinajstić information content (AvgIpc) is 3.13. The number of amides is 2. The van der Waals surface area contributed by atoms with Gasteiger partial charge in [-0.15, -0.1) is 0 Å². The first kappa shape index (κ1) is 17.1. The lowest BCUT2D eigenvalue weighted by Crippen LogP contribution is -2.37. The van der Waals surface area contributed by atoms with Crippen LogP contribution in [0.3, 0.4) is 0 Å². The lowest BCUT2D eigenvalue weighted by molar-refractivity contribution is -0.128. The van der Waals surface area contributed by atoms with Crippen LogP contribution in [0.4, 0.5) is 4.39 Å². The third kappa shape index (κ3) is 4.43. The monoisotopic (exact) mass is 344 g/mol. The summed E-state index contributed by atoms with van der Waals surface area (Å²) < 4.78 is 14.7. The number of benzene rings is 1. The van der Waals surface area contributed by atoms with Crippen molar-refractivity contribution in [3.05, 3.63) is 53.6 Å². The van der Waals surface area contributed by atoms with Crippen LogP contribution in [0.2, 0.25) is 0 Å². The molecular weight excluding hydrogens is 323 g/mol. The zero-order valence-electron chi connectivity index (χ0n) is 14.1. The van der Waals surface area contributed by atoms with E-state index in [1.54, 1.807) is 27.9 Å². The Bertz CT molecular complexity index is 757. The molecule has 0 unspecified atom stereocenters. The predicted octanol–water partition coefficient (Wildman–Crippen LogP) is 1.64. The van der Waals surface area contributed by atoms with Crippen LogP contribution < -0.4 is 5.32 Å². The fraction of sp³-hybridized carbons (Fsp3) is 0.389. The quantitative estimate of drug-likeness (QED) is 0.866. The first-order valence-electron chi connectivity index (χ1n) is 8.31. The number of nitrogens with zero attached hydrogens (tertiary/aromatic N) is 3. The molecule has 132 valence electrons. The number of likely N-dealkylation sites (tertiary alicyclic amines) is 1. The van der Waals surface area contributed by atoms with Crippen molar-refractivity contribution in [1.82, 2.24) is 20.0 Å². The SMILES string of the molecule is Cc1ccnn1CCC(=O)N[C@@H]1CC(=O)N(Cc2ccc(F)cc2)C1. The van der Waals surface area contributed by atoms with E-state index < -0.39 is 0 Å². The van der Waals surface area contributed by atoms with Crippen LogP contribution in [0.15, 0.2) is 36.5 Å². The first-order valence-corrected chi connectivity index (χ1v) is 8.31. The summed E-state index contributed by atoms with van der Waals surface area (Å²) in [5.41, 5.74) is 1.88. The van der Waals surface area contributed by atoms with Gasteiger partial charge < -0.3 is 10.2 Å². The van der Waals surface area contributed by atoms with Gasteiger partial charge in [0.25, 0.3) is 0 Å². The molecule has 1 saturated heterocycles. The number of aryl methyl sites for hydroxylation is 2. The summed E-state index contributed by atoms with van der Waals surface area (Å²) >= 11 is 0. The van der Waals surface area contributed by atoms with Crippen molar-refractivity contribution in [2.24, 2.45) is 0 Å². The van der Waals surface area contributed by atoms with Crippen LogP contribution in [-0.4, -0.2) is 39.1 Å². The minimum Gasteiger partial charge on any atom is -0.351 e. The Balaban J connectivity index is 1.47. The lowest BCUT2D eigenvalue weighted by atomic mass is 10.2. The number of carbonyl (C=O) groups is 2. The van der Waals surface area contributed by atoms with E-state index in [4.69, 9.17) is 0 Å². The summed E-state index contributed by atoms with van der Waals surface area (Å²) in [6.45, 7) is 3.36. The molecule has 1 aromatic carbocycles. The number of hydrogen-bond acceptors (Lipinski definition) is 3. The van der Waals surface area contributed by atoms with Crippen LogP contribution in [0, 0.1) is 12.7 Å². The number of hydrogen-bond donors (Lipinski definition) is 1. The summed E-state index contributed by atoms with van der Waals surface area (Å²) in [4.78, 5) is 25.9. The smallest absolute Gasteiger partial charge is 0.225 e. The van der Waals surface area contributed by atoms with Gasteiger partial charge in [0.15, 0.2) is 0 Å². The van der Waals surface area contributed by atoms with Crippen LogP contribution >= 0.6 is 0 Å². The fourth-order valence-electron chi connectivity index (χ4n) is 2.97. The summed E-state index contributed by atoms with van der Waals surface area (Å²) in [6, 6.07) is 7.81. The van der Waals surface area contributed by atoms with Crippen molar-refractivity contribution in [3.63, 3.8) is 0 Å². The van der Waals surface area contributed by atoms with Gasteiger partial charge in [-0.2, -0.15) is 5.10 Å². The lowest BCUT2D eigenvalue weighted by Gasteiger charge is -2.17. The second-order valence-corrected chi connectivity index (χ2v) is 6.32. The number of halogens is 1. The second kappa shape index (κ2) is 7.46. The molecule has 3 rings (SSSR count). The molecule has 0 radical (unpaired) electrons. The molecule has 1 fully saturated rings. The highest BCUT2D eigenvalue weighted by molar-refractivity contribution is 5.82. The standard InChI is InChI=1S/C18H21FN4O2/c1-13-6-8-20-23(13)9-7-17(24)21-16-10-18(25)22(12-16)11-14-2-4-15(19)5-3-14/h2-6,8,16H,7,9-12H2,1H3,(H,21,24)/t16-/m1/s1. The van der Waals surface area contributed by atoms with Crippen LogP contribution in [0.1, 0.15) is 24.1 Å². The van der Waals surface area contributed by atoms with Gasteiger partial charge in [-0.05, 0) is 30.7 Å². The van der Waals surface area contributed by atoms with Crippen molar-refractivity contribution < 1.29 is 14.0 Å². The summed E-state index contributed by atoms with van der Waals surface area (Å²) in [6.07, 6.45) is 2.33. The highest BCUT2D eigenvalue weighted by atomic mass is 19.1. The van der Waals surface area contributed by atoms with Gasteiger partial charge in [0.05, 0.1) is 6.04 Å². The Kier molecular flexibility index (Phi) is 5.11. The molecule has 1 atom stereocenters. The maximum Gasteiger partial charge on any atom is 0.225 e. The minimum atomic E-state index is -0.297. The van der Waals surface area contributed by atoms with E-state index in [2.05, 4.69) is 10.4 Å². The Hall–Kier alpha value is -2.70. The van der Waals surface area contributed by atoms with Crippen molar-refractivity contribution in [2.45, 2.75) is 38.9 Å². The van der Waals surface area contributed by atoms with E-state index in [1.807, 2.05) is 13.0 Å². The zero-order valence-corrected chi connectivity index (χ0v) is 14.1. The van der Waals surface area contributed by atoms with Crippen LogP contribution in [-0.2, 0) is 22.7 Å². The molecule has 0 spiro atoms. The molecule has 1 aromatic heterocycles. The van der Waals surface area contributed by atoms with E-state index in [9.17, 15) is 14.0 Å². The number of rotatable bonds is 6. The summed E-state index contributed by atoms with van der Waals surface area (Å²) in [5.74, 6) is -0.386. The largest absolute Gasteiger partial charge is 0.351 e. The van der Waals surface area contributed by atoms with E-state index in [0.29, 0.717) is 32.5 Å². The third-order valence-electron chi connectivity index (χ3n) is 4.35. The minimum absolute atomic E-state index is 0.00227. The second-order valence-electron chi connectivity index (χ2n) is 6.32. The number of aromatic nitrogens is 2. The highest BCUT2D eigenvalue weighted by Gasteiger charge is 2.30. The fourth-order valence-corrected chi connectivity index (χ4v) is 2.97. The molecule has 2 amide bonds. The molecule has 0 aliphatic carbocycles. The van der Waals surface area contributed by atoms with Gasteiger partial charge in [0.2, 0.25) is 11.8 Å². The Labute approximate surface area is 145 Å². The third-order valence-corrected chi connectivity index (χ3v) is 4.35. The molecule has 1 N–H and O–H groups in total. The van der Waals surface area contributed by atoms with Crippen molar-refractivity contribution in [2.75, 3.05) is 6.54 Å². The van der Waals surface area contributed by atoms with E-state index in [1.165, 1.54) is 12.1 Å². The van der Waals surface area contributed by atoms with Crippen LogP contribution in [0.5, 0.6) is 0 Å². The Morgan fingerprint density at radius 3 is 2.76 bits per heavy atom. The Morgan fingerprint density at radius 1 is 1.32 bits per heavy atom. The van der Waals surface area contributed by atoms with Gasteiger partial charge >= 0.3 is 0 Å². The molecular formula is C18H21FN4O2. The molecule has 7 heteroatoms.